The van der Waals surface area contributed by atoms with Gasteiger partial charge in [0.25, 0.3) is 0 Å². The van der Waals surface area contributed by atoms with Crippen LogP contribution in [0.5, 0.6) is 0 Å². The predicted octanol–water partition coefficient (Wildman–Crippen LogP) is 5.78. The molecule has 0 saturated heterocycles. The van der Waals surface area contributed by atoms with Crippen LogP contribution in [-0.2, 0) is 17.9 Å². The highest BCUT2D eigenvalue weighted by Gasteiger charge is 2.23. The van der Waals surface area contributed by atoms with Crippen LogP contribution in [0.3, 0.4) is 0 Å². The van der Waals surface area contributed by atoms with Gasteiger partial charge < -0.3 is 9.88 Å². The average molecular weight is 418 g/mol. The monoisotopic (exact) mass is 418 g/mol. The third-order valence-electron chi connectivity index (χ3n) is 5.58. The maximum absolute atomic E-state index is 14.0. The van der Waals surface area contributed by atoms with Crippen molar-refractivity contribution in [3.63, 3.8) is 0 Å². The number of aryl methyl sites for hydroxylation is 1. The molecule has 0 spiro atoms. The Morgan fingerprint density at radius 1 is 0.968 bits per heavy atom. The van der Waals surface area contributed by atoms with E-state index in [9.17, 15) is 13.6 Å². The smallest absolute Gasteiger partial charge is 0.221 e. The number of nitrogens with zero attached hydrogens (tertiary/aromatic N) is 1. The van der Waals surface area contributed by atoms with Crippen LogP contribution in [-0.4, -0.2) is 10.5 Å². The minimum atomic E-state index is -0.326. The number of hydrogen-bond donors (Lipinski definition) is 1. The summed E-state index contributed by atoms with van der Waals surface area (Å²) in [5.74, 6) is -1.07. The Bertz CT molecular complexity index is 1200. The number of aromatic nitrogens is 1. The number of nitrogens with one attached hydrogen (secondary N) is 1. The zero-order valence-electron chi connectivity index (χ0n) is 17.3. The van der Waals surface area contributed by atoms with Crippen molar-refractivity contribution in [1.82, 2.24) is 9.88 Å². The van der Waals surface area contributed by atoms with Crippen molar-refractivity contribution in [1.29, 1.82) is 0 Å². The topological polar surface area (TPSA) is 34.0 Å². The lowest BCUT2D eigenvalue weighted by Gasteiger charge is -2.17. The van der Waals surface area contributed by atoms with Gasteiger partial charge in [0.15, 0.2) is 0 Å². The van der Waals surface area contributed by atoms with Crippen LogP contribution in [0.15, 0.2) is 79.0 Å². The molecule has 0 aliphatic heterocycles. The number of carbonyl (C=O) groups is 1. The van der Waals surface area contributed by atoms with Crippen LogP contribution in [0, 0.1) is 11.6 Å². The average Bonchev–Trinajstić information content (AvgIpc) is 3.16. The zero-order chi connectivity index (χ0) is 21.8. The van der Waals surface area contributed by atoms with Crippen molar-refractivity contribution >= 4 is 16.8 Å². The summed E-state index contributed by atoms with van der Waals surface area (Å²) < 4.78 is 29.3. The van der Waals surface area contributed by atoms with Crippen LogP contribution < -0.4 is 5.32 Å². The first-order chi connectivity index (χ1) is 15.0. The zero-order valence-corrected chi connectivity index (χ0v) is 17.3. The van der Waals surface area contributed by atoms with E-state index in [2.05, 4.69) is 29.1 Å². The van der Waals surface area contributed by atoms with Gasteiger partial charge in [0.1, 0.15) is 11.6 Å². The fourth-order valence-electron chi connectivity index (χ4n) is 4.01. The van der Waals surface area contributed by atoms with E-state index in [4.69, 9.17) is 0 Å². The molecule has 1 heterocycles. The number of hydrogen-bond acceptors (Lipinski definition) is 1. The summed E-state index contributed by atoms with van der Waals surface area (Å²) in [7, 11) is 0. The van der Waals surface area contributed by atoms with Crippen molar-refractivity contribution in [2.75, 3.05) is 0 Å². The molecule has 1 amide bonds. The molecular weight excluding hydrogens is 394 g/mol. The van der Waals surface area contributed by atoms with E-state index in [1.165, 1.54) is 24.3 Å². The van der Waals surface area contributed by atoms with Crippen molar-refractivity contribution in [3.8, 4) is 0 Å². The third-order valence-corrected chi connectivity index (χ3v) is 5.58. The molecule has 4 aromatic rings. The molecule has 0 fully saturated rings. The maximum Gasteiger partial charge on any atom is 0.221 e. The highest BCUT2D eigenvalue weighted by atomic mass is 19.1. The van der Waals surface area contributed by atoms with Gasteiger partial charge in [-0.2, -0.15) is 0 Å². The summed E-state index contributed by atoms with van der Waals surface area (Å²) in [5.41, 5.74) is 3.67. The summed E-state index contributed by atoms with van der Waals surface area (Å²) in [6, 6.07) is 20.5. The van der Waals surface area contributed by atoms with Gasteiger partial charge in [-0.1, -0.05) is 42.5 Å². The Balaban J connectivity index is 1.64. The van der Waals surface area contributed by atoms with Gasteiger partial charge in [0, 0.05) is 42.5 Å². The fraction of sp³-hybridized carbons (Fsp3) is 0.192. The first-order valence-electron chi connectivity index (χ1n) is 10.4. The van der Waals surface area contributed by atoms with Gasteiger partial charge in [0.05, 0.1) is 0 Å². The lowest BCUT2D eigenvalue weighted by Crippen LogP contribution is -2.25. The number of halogens is 2. The molecule has 0 radical (unpaired) electrons. The summed E-state index contributed by atoms with van der Waals surface area (Å²) in [4.78, 5) is 12.9. The minimum absolute atomic E-state index is 0.146. The molecule has 1 unspecified atom stereocenters. The summed E-state index contributed by atoms with van der Waals surface area (Å²) >= 11 is 0. The molecular formula is C26H24F2N2O. The van der Waals surface area contributed by atoms with Crippen LogP contribution in [0.2, 0.25) is 0 Å². The Kier molecular flexibility index (Phi) is 6.12. The standard InChI is InChI=1S/C26H24F2N2O/c1-2-30-17-24(22-8-3-4-9-25(22)30)23(19-6-5-7-21(28)14-19)15-26(31)29-16-18-10-12-20(27)13-11-18/h3-14,17,23H,2,15-16H2,1H3,(H,29,31). The third kappa shape index (κ3) is 4.66. The highest BCUT2D eigenvalue weighted by Crippen LogP contribution is 2.35. The Morgan fingerprint density at radius 3 is 2.48 bits per heavy atom. The molecule has 1 aromatic heterocycles. The van der Waals surface area contributed by atoms with E-state index < -0.39 is 0 Å². The number of para-hydroxylation sites is 1. The van der Waals surface area contributed by atoms with Gasteiger partial charge in [-0.3, -0.25) is 4.79 Å². The summed E-state index contributed by atoms with van der Waals surface area (Å²) in [6.45, 7) is 3.18. The van der Waals surface area contributed by atoms with Gasteiger partial charge in [-0.15, -0.1) is 0 Å². The second-order valence-corrected chi connectivity index (χ2v) is 7.60. The fourth-order valence-corrected chi connectivity index (χ4v) is 4.01. The first kappa shape index (κ1) is 20.8. The molecule has 1 atom stereocenters. The van der Waals surface area contributed by atoms with E-state index in [-0.39, 0.29) is 29.9 Å². The normalized spacial score (nSPS) is 12.1. The molecule has 0 aliphatic carbocycles. The van der Waals surface area contributed by atoms with Gasteiger partial charge in [-0.25, -0.2) is 8.78 Å². The van der Waals surface area contributed by atoms with Crippen molar-refractivity contribution in [3.05, 3.63) is 107 Å². The second kappa shape index (κ2) is 9.13. The van der Waals surface area contributed by atoms with Crippen molar-refractivity contribution < 1.29 is 13.6 Å². The number of carbonyl (C=O) groups excluding carboxylic acids is 1. The first-order valence-corrected chi connectivity index (χ1v) is 10.4. The van der Waals surface area contributed by atoms with Crippen LogP contribution in [0.4, 0.5) is 8.78 Å². The summed E-state index contributed by atoms with van der Waals surface area (Å²) in [6.07, 6.45) is 2.25. The molecule has 5 heteroatoms. The lowest BCUT2D eigenvalue weighted by molar-refractivity contribution is -0.121. The molecule has 3 aromatic carbocycles. The summed E-state index contributed by atoms with van der Waals surface area (Å²) in [5, 5.41) is 3.97. The van der Waals surface area contributed by atoms with Gasteiger partial charge >= 0.3 is 0 Å². The SMILES string of the molecule is CCn1cc(C(CC(=O)NCc2ccc(F)cc2)c2cccc(F)c2)c2ccccc21. The van der Waals surface area contributed by atoms with E-state index in [0.29, 0.717) is 6.54 Å². The molecule has 1 N–H and O–H groups in total. The molecule has 0 bridgehead atoms. The van der Waals surface area contributed by atoms with E-state index in [1.807, 2.05) is 24.3 Å². The van der Waals surface area contributed by atoms with Crippen LogP contribution in [0.25, 0.3) is 10.9 Å². The van der Waals surface area contributed by atoms with E-state index in [0.717, 1.165) is 34.1 Å². The predicted molar refractivity (Wildman–Crippen MR) is 119 cm³/mol. The molecule has 3 nitrogen and oxygen atoms in total. The minimum Gasteiger partial charge on any atom is -0.352 e. The molecule has 31 heavy (non-hydrogen) atoms. The number of rotatable bonds is 7. The van der Waals surface area contributed by atoms with Gasteiger partial charge in [0.2, 0.25) is 5.91 Å². The van der Waals surface area contributed by atoms with E-state index >= 15 is 0 Å². The molecule has 0 saturated carbocycles. The van der Waals surface area contributed by atoms with Crippen molar-refractivity contribution in [2.45, 2.75) is 32.4 Å². The quantitative estimate of drug-likeness (QED) is 0.406. The van der Waals surface area contributed by atoms with Crippen LogP contribution >= 0.6 is 0 Å². The molecule has 158 valence electrons. The van der Waals surface area contributed by atoms with Crippen molar-refractivity contribution in [2.24, 2.45) is 0 Å². The number of fused-ring (bicyclic) bond motifs is 1. The van der Waals surface area contributed by atoms with Crippen LogP contribution in [0.1, 0.15) is 36.0 Å². The Morgan fingerprint density at radius 2 is 1.74 bits per heavy atom. The number of benzene rings is 3. The number of amides is 1. The second-order valence-electron chi connectivity index (χ2n) is 7.60. The van der Waals surface area contributed by atoms with Gasteiger partial charge in [-0.05, 0) is 53.9 Å². The molecule has 4 rings (SSSR count). The molecule has 0 aliphatic rings. The Hall–Kier alpha value is -3.47. The maximum atomic E-state index is 14.0. The lowest BCUT2D eigenvalue weighted by atomic mass is 9.88. The van der Waals surface area contributed by atoms with E-state index in [1.54, 1.807) is 18.2 Å². The highest BCUT2D eigenvalue weighted by molar-refractivity contribution is 5.86. The largest absolute Gasteiger partial charge is 0.352 e. The Labute approximate surface area is 180 Å².